The zero-order valence-electron chi connectivity index (χ0n) is 21.9. The van der Waals surface area contributed by atoms with Crippen molar-refractivity contribution >= 4 is 11.9 Å². The molecule has 0 saturated carbocycles. The lowest BCUT2D eigenvalue weighted by molar-refractivity contribution is -0.152. The molecule has 0 N–H and O–H groups in total. The maximum absolute atomic E-state index is 12.2. The lowest BCUT2D eigenvalue weighted by Crippen LogP contribution is -2.19. The molecule has 2 aliphatic rings. The minimum absolute atomic E-state index is 0.146. The zero-order valence-corrected chi connectivity index (χ0v) is 21.9. The highest BCUT2D eigenvalue weighted by molar-refractivity contribution is 5.97. The SMILES string of the molecule is CC1=C(/C=C/C(C)=C/C(=O)OC(=O)/C=C(C)/C=C/C2=C(C)CCCC2(C)C)C(C)(C)CCC1. The third-order valence-corrected chi connectivity index (χ3v) is 7.00. The summed E-state index contributed by atoms with van der Waals surface area (Å²) in [4.78, 5) is 24.4. The molecule has 0 spiro atoms. The summed E-state index contributed by atoms with van der Waals surface area (Å²) in [5, 5.41) is 0. The Morgan fingerprint density at radius 3 is 1.42 bits per heavy atom. The average molecular weight is 451 g/mol. The van der Waals surface area contributed by atoms with E-state index in [-0.39, 0.29) is 10.8 Å². The average Bonchev–Trinajstić information content (AvgIpc) is 2.65. The number of carbonyl (C=O) groups is 2. The van der Waals surface area contributed by atoms with Gasteiger partial charge >= 0.3 is 11.9 Å². The van der Waals surface area contributed by atoms with Gasteiger partial charge in [-0.2, -0.15) is 0 Å². The van der Waals surface area contributed by atoms with Crippen LogP contribution in [0.25, 0.3) is 0 Å². The number of carbonyl (C=O) groups excluding carboxylic acids is 2. The van der Waals surface area contributed by atoms with Crippen LogP contribution in [0.2, 0.25) is 0 Å². The molecule has 33 heavy (non-hydrogen) atoms. The number of hydrogen-bond donors (Lipinski definition) is 0. The molecule has 0 aromatic rings. The van der Waals surface area contributed by atoms with Crippen molar-refractivity contribution in [3.63, 3.8) is 0 Å². The molecule has 0 aromatic carbocycles. The number of allylic oxidation sites excluding steroid dienone is 10. The van der Waals surface area contributed by atoms with Gasteiger partial charge in [-0.05, 0) is 99.3 Å². The molecule has 0 heterocycles. The predicted octanol–water partition coefficient (Wildman–Crippen LogP) is 8.11. The molecule has 2 aliphatic carbocycles. The summed E-state index contributed by atoms with van der Waals surface area (Å²) in [6.07, 6.45) is 17.8. The smallest absolute Gasteiger partial charge is 0.338 e. The van der Waals surface area contributed by atoms with Crippen molar-refractivity contribution in [3.8, 4) is 0 Å². The highest BCUT2D eigenvalue weighted by Gasteiger charge is 2.27. The summed E-state index contributed by atoms with van der Waals surface area (Å²) in [7, 11) is 0. The number of hydrogen-bond acceptors (Lipinski definition) is 3. The van der Waals surface area contributed by atoms with Gasteiger partial charge in [-0.15, -0.1) is 0 Å². The van der Waals surface area contributed by atoms with Crippen LogP contribution < -0.4 is 0 Å². The van der Waals surface area contributed by atoms with Gasteiger partial charge in [0.2, 0.25) is 0 Å². The van der Waals surface area contributed by atoms with Gasteiger partial charge in [0, 0.05) is 12.2 Å². The Hall–Kier alpha value is -2.42. The third kappa shape index (κ3) is 7.84. The van der Waals surface area contributed by atoms with Crippen LogP contribution in [0.15, 0.2) is 69.9 Å². The van der Waals surface area contributed by atoms with Gasteiger partial charge < -0.3 is 4.74 Å². The second kappa shape index (κ2) is 11.1. The minimum Gasteiger partial charge on any atom is -0.387 e. The van der Waals surface area contributed by atoms with Crippen LogP contribution in [0.3, 0.4) is 0 Å². The molecule has 0 fully saturated rings. The molecular weight excluding hydrogens is 408 g/mol. The normalized spacial score (nSPS) is 21.8. The molecule has 0 bridgehead atoms. The maximum atomic E-state index is 12.2. The van der Waals surface area contributed by atoms with Crippen molar-refractivity contribution in [1.29, 1.82) is 0 Å². The van der Waals surface area contributed by atoms with Crippen LogP contribution in [0, 0.1) is 10.8 Å². The van der Waals surface area contributed by atoms with Gasteiger partial charge in [-0.25, -0.2) is 9.59 Å². The van der Waals surface area contributed by atoms with Gasteiger partial charge in [0.15, 0.2) is 0 Å². The second-order valence-electron chi connectivity index (χ2n) is 11.0. The van der Waals surface area contributed by atoms with E-state index in [1.54, 1.807) is 0 Å². The third-order valence-electron chi connectivity index (χ3n) is 7.00. The summed E-state index contributed by atoms with van der Waals surface area (Å²) in [6, 6.07) is 0. The van der Waals surface area contributed by atoms with Crippen molar-refractivity contribution in [2.75, 3.05) is 0 Å². The molecule has 3 nitrogen and oxygen atoms in total. The molecule has 0 aromatic heterocycles. The molecule has 0 amide bonds. The number of ether oxygens (including phenoxy) is 1. The van der Waals surface area contributed by atoms with Gasteiger partial charge in [0.05, 0.1) is 0 Å². The summed E-state index contributed by atoms with van der Waals surface area (Å²) in [6.45, 7) is 17.1. The Labute approximate surface area is 201 Å². The Balaban J connectivity index is 2.00. The van der Waals surface area contributed by atoms with E-state index < -0.39 is 11.9 Å². The second-order valence-corrected chi connectivity index (χ2v) is 11.0. The number of rotatable bonds is 6. The lowest BCUT2D eigenvalue weighted by atomic mass is 9.72. The first-order chi connectivity index (χ1) is 15.3. The molecule has 0 atom stereocenters. The Morgan fingerprint density at radius 1 is 0.727 bits per heavy atom. The standard InChI is InChI=1S/C30H42O3/c1-21(13-15-25-23(3)11-9-17-29(25,5)6)19-27(31)33-28(32)20-22(2)14-16-26-24(4)12-10-18-30(26,7)8/h13-16,19-20H,9-12,17-18H2,1-8H3/b15-13+,16-14+,21-19+,22-20+. The summed E-state index contributed by atoms with van der Waals surface area (Å²) < 4.78 is 4.98. The molecule has 0 radical (unpaired) electrons. The van der Waals surface area contributed by atoms with Crippen LogP contribution in [-0.4, -0.2) is 11.9 Å². The van der Waals surface area contributed by atoms with Crippen molar-refractivity contribution in [3.05, 3.63) is 69.9 Å². The van der Waals surface area contributed by atoms with Crippen molar-refractivity contribution in [2.24, 2.45) is 10.8 Å². The lowest BCUT2D eigenvalue weighted by Gasteiger charge is -2.32. The highest BCUT2D eigenvalue weighted by atomic mass is 16.6. The van der Waals surface area contributed by atoms with E-state index >= 15 is 0 Å². The Morgan fingerprint density at radius 2 is 1.09 bits per heavy atom. The highest BCUT2D eigenvalue weighted by Crippen LogP contribution is 2.41. The maximum Gasteiger partial charge on any atom is 0.338 e. The van der Waals surface area contributed by atoms with Crippen molar-refractivity contribution in [1.82, 2.24) is 0 Å². The molecular formula is C30H42O3. The largest absolute Gasteiger partial charge is 0.387 e. The van der Waals surface area contributed by atoms with E-state index in [1.807, 2.05) is 26.0 Å². The summed E-state index contributed by atoms with van der Waals surface area (Å²) >= 11 is 0. The Kier molecular flexibility index (Phi) is 9.05. The fourth-order valence-corrected chi connectivity index (χ4v) is 5.08. The van der Waals surface area contributed by atoms with Crippen LogP contribution in [0.5, 0.6) is 0 Å². The van der Waals surface area contributed by atoms with Gasteiger partial charge in [-0.3, -0.25) is 0 Å². The monoisotopic (exact) mass is 450 g/mol. The molecule has 0 aliphatic heterocycles. The van der Waals surface area contributed by atoms with E-state index in [1.165, 1.54) is 47.3 Å². The van der Waals surface area contributed by atoms with E-state index in [0.717, 1.165) is 36.8 Å². The quantitative estimate of drug-likeness (QED) is 0.178. The zero-order chi connectivity index (χ0) is 24.8. The van der Waals surface area contributed by atoms with Crippen molar-refractivity contribution in [2.45, 2.75) is 93.9 Å². The predicted molar refractivity (Wildman–Crippen MR) is 138 cm³/mol. The van der Waals surface area contributed by atoms with Crippen LogP contribution >= 0.6 is 0 Å². The minimum atomic E-state index is -0.643. The first-order valence-corrected chi connectivity index (χ1v) is 12.2. The first kappa shape index (κ1) is 26.8. The van der Waals surface area contributed by atoms with Crippen LogP contribution in [0.4, 0.5) is 0 Å². The number of esters is 2. The molecule has 180 valence electrons. The molecule has 2 rings (SSSR count). The van der Waals surface area contributed by atoms with E-state index in [0.29, 0.717) is 0 Å². The fraction of sp³-hybridized carbons (Fsp3) is 0.533. The summed E-state index contributed by atoms with van der Waals surface area (Å²) in [5.41, 5.74) is 7.30. The fourth-order valence-electron chi connectivity index (χ4n) is 5.08. The van der Waals surface area contributed by atoms with Crippen molar-refractivity contribution < 1.29 is 14.3 Å². The molecule has 3 heteroatoms. The van der Waals surface area contributed by atoms with Gasteiger partial charge in [0.25, 0.3) is 0 Å². The Bertz CT molecular complexity index is 881. The van der Waals surface area contributed by atoms with E-state index in [9.17, 15) is 9.59 Å². The van der Waals surface area contributed by atoms with E-state index in [2.05, 4.69) is 53.7 Å². The summed E-state index contributed by atoms with van der Waals surface area (Å²) in [5.74, 6) is -1.29. The molecule has 0 unspecified atom stereocenters. The van der Waals surface area contributed by atoms with Gasteiger partial charge in [-0.1, -0.05) is 63.1 Å². The molecule has 0 saturated heterocycles. The first-order valence-electron chi connectivity index (χ1n) is 12.2. The van der Waals surface area contributed by atoms with Crippen LogP contribution in [-0.2, 0) is 14.3 Å². The van der Waals surface area contributed by atoms with Gasteiger partial charge in [0.1, 0.15) is 0 Å². The van der Waals surface area contributed by atoms with Crippen LogP contribution in [0.1, 0.15) is 93.9 Å². The van der Waals surface area contributed by atoms with E-state index in [4.69, 9.17) is 4.74 Å². The topological polar surface area (TPSA) is 43.4 Å².